The summed E-state index contributed by atoms with van der Waals surface area (Å²) >= 11 is 0. The summed E-state index contributed by atoms with van der Waals surface area (Å²) in [5, 5.41) is 0. The van der Waals surface area contributed by atoms with Crippen LogP contribution in [0, 0.1) is 0 Å². The Morgan fingerprint density at radius 1 is 1.00 bits per heavy atom. The molecule has 2 rings (SSSR count). The summed E-state index contributed by atoms with van der Waals surface area (Å²) in [6, 6.07) is 21.0. The van der Waals surface area contributed by atoms with Gasteiger partial charge in [-0.2, -0.15) is 0 Å². The van der Waals surface area contributed by atoms with Crippen LogP contribution in [0.25, 0.3) is 0 Å². The van der Waals surface area contributed by atoms with Gasteiger partial charge in [-0.25, -0.2) is 0 Å². The summed E-state index contributed by atoms with van der Waals surface area (Å²) in [6.07, 6.45) is 5.46. The molecule has 0 N–H and O–H groups in total. The van der Waals surface area contributed by atoms with Crippen molar-refractivity contribution in [2.24, 2.45) is 0 Å². The SMILES string of the molecule is C=C(C)[C@H](/C=C/Cc1ccccc1)c1ccccc1. The van der Waals surface area contributed by atoms with Gasteiger partial charge in [-0.1, -0.05) is 85.0 Å². The molecule has 0 nitrogen and oxygen atoms in total. The number of hydrogen-bond acceptors (Lipinski definition) is 0. The Morgan fingerprint density at radius 3 is 2.16 bits per heavy atom. The molecular weight excluding hydrogens is 228 g/mol. The van der Waals surface area contributed by atoms with Crippen molar-refractivity contribution in [1.29, 1.82) is 0 Å². The molecule has 0 aliphatic rings. The molecule has 0 radical (unpaired) electrons. The molecule has 0 spiro atoms. The Balaban J connectivity index is 2.08. The van der Waals surface area contributed by atoms with Gasteiger partial charge in [-0.3, -0.25) is 0 Å². The van der Waals surface area contributed by atoms with Crippen molar-refractivity contribution in [2.75, 3.05) is 0 Å². The molecule has 1 atom stereocenters. The molecule has 0 fully saturated rings. The predicted molar refractivity (Wildman–Crippen MR) is 83.3 cm³/mol. The minimum absolute atomic E-state index is 0.310. The molecule has 96 valence electrons. The Morgan fingerprint density at radius 2 is 1.58 bits per heavy atom. The van der Waals surface area contributed by atoms with Crippen molar-refractivity contribution in [3.63, 3.8) is 0 Å². The first-order valence-corrected chi connectivity index (χ1v) is 6.68. The molecular formula is C19H20. The summed E-state index contributed by atoms with van der Waals surface area (Å²) in [7, 11) is 0. The summed E-state index contributed by atoms with van der Waals surface area (Å²) < 4.78 is 0. The zero-order chi connectivity index (χ0) is 13.5. The van der Waals surface area contributed by atoms with Crippen molar-refractivity contribution >= 4 is 0 Å². The maximum absolute atomic E-state index is 4.11. The van der Waals surface area contributed by atoms with E-state index in [-0.39, 0.29) is 0 Å². The van der Waals surface area contributed by atoms with Crippen LogP contribution in [0.2, 0.25) is 0 Å². The summed E-state index contributed by atoms with van der Waals surface area (Å²) in [4.78, 5) is 0. The average molecular weight is 248 g/mol. The number of benzene rings is 2. The van der Waals surface area contributed by atoms with Crippen molar-refractivity contribution in [2.45, 2.75) is 19.3 Å². The molecule has 0 aromatic heterocycles. The molecule has 19 heavy (non-hydrogen) atoms. The van der Waals surface area contributed by atoms with Crippen LogP contribution in [0.15, 0.2) is 85.0 Å². The van der Waals surface area contributed by atoms with Crippen molar-refractivity contribution in [3.8, 4) is 0 Å². The number of hydrogen-bond donors (Lipinski definition) is 0. The lowest BCUT2D eigenvalue weighted by atomic mass is 9.92. The van der Waals surface area contributed by atoms with Crippen molar-refractivity contribution in [1.82, 2.24) is 0 Å². The molecule has 0 aliphatic carbocycles. The summed E-state index contributed by atoms with van der Waals surface area (Å²) in [5.74, 6) is 0.310. The molecule has 0 aliphatic heterocycles. The number of rotatable bonds is 5. The molecule has 0 bridgehead atoms. The van der Waals surface area contributed by atoms with Crippen LogP contribution < -0.4 is 0 Å². The van der Waals surface area contributed by atoms with Crippen LogP contribution in [-0.4, -0.2) is 0 Å². The van der Waals surface area contributed by atoms with Crippen LogP contribution in [0.1, 0.15) is 24.0 Å². The topological polar surface area (TPSA) is 0 Å². The van der Waals surface area contributed by atoms with Crippen LogP contribution >= 0.6 is 0 Å². The Bertz CT molecular complexity index is 535. The van der Waals surface area contributed by atoms with Gasteiger partial charge in [-0.15, -0.1) is 0 Å². The first kappa shape index (κ1) is 13.4. The lowest BCUT2D eigenvalue weighted by Gasteiger charge is -2.13. The second-order valence-electron chi connectivity index (χ2n) is 4.85. The summed E-state index contributed by atoms with van der Waals surface area (Å²) in [5.41, 5.74) is 3.82. The van der Waals surface area contributed by atoms with Gasteiger partial charge < -0.3 is 0 Å². The van der Waals surface area contributed by atoms with E-state index in [0.717, 1.165) is 6.42 Å². The Kier molecular flexibility index (Phi) is 4.74. The second-order valence-corrected chi connectivity index (χ2v) is 4.85. The third-order valence-electron chi connectivity index (χ3n) is 3.21. The first-order valence-electron chi connectivity index (χ1n) is 6.68. The normalized spacial score (nSPS) is 12.5. The monoisotopic (exact) mass is 248 g/mol. The lowest BCUT2D eigenvalue weighted by molar-refractivity contribution is 0.988. The molecule has 2 aromatic carbocycles. The minimum Gasteiger partial charge on any atom is -0.0992 e. The number of allylic oxidation sites excluding steroid dienone is 3. The fourth-order valence-electron chi connectivity index (χ4n) is 2.17. The fraction of sp³-hybridized carbons (Fsp3) is 0.158. The highest BCUT2D eigenvalue weighted by atomic mass is 14.1. The zero-order valence-corrected chi connectivity index (χ0v) is 11.4. The highest BCUT2D eigenvalue weighted by Crippen LogP contribution is 2.24. The van der Waals surface area contributed by atoms with E-state index < -0.39 is 0 Å². The van der Waals surface area contributed by atoms with Gasteiger partial charge in [0.1, 0.15) is 0 Å². The molecule has 0 heteroatoms. The third-order valence-corrected chi connectivity index (χ3v) is 3.21. The van der Waals surface area contributed by atoms with Gasteiger partial charge in [0.25, 0.3) is 0 Å². The highest BCUT2D eigenvalue weighted by molar-refractivity contribution is 5.32. The quantitative estimate of drug-likeness (QED) is 0.642. The van der Waals surface area contributed by atoms with E-state index in [2.05, 4.69) is 74.2 Å². The molecule has 2 aromatic rings. The van der Waals surface area contributed by atoms with Crippen molar-refractivity contribution < 1.29 is 0 Å². The van der Waals surface area contributed by atoms with Gasteiger partial charge >= 0.3 is 0 Å². The van der Waals surface area contributed by atoms with Gasteiger partial charge in [0.2, 0.25) is 0 Å². The smallest absolute Gasteiger partial charge is 0.0223 e. The van der Waals surface area contributed by atoms with E-state index in [9.17, 15) is 0 Å². The second kappa shape index (κ2) is 6.75. The Hall–Kier alpha value is -2.08. The minimum atomic E-state index is 0.310. The van der Waals surface area contributed by atoms with Gasteiger partial charge in [-0.05, 0) is 24.5 Å². The lowest BCUT2D eigenvalue weighted by Crippen LogP contribution is -1.96. The molecule has 0 amide bonds. The largest absolute Gasteiger partial charge is 0.0992 e. The van der Waals surface area contributed by atoms with E-state index >= 15 is 0 Å². The molecule has 0 unspecified atom stereocenters. The van der Waals surface area contributed by atoms with E-state index in [0.29, 0.717) is 5.92 Å². The first-order chi connectivity index (χ1) is 9.27. The van der Waals surface area contributed by atoms with Crippen LogP contribution in [0.3, 0.4) is 0 Å². The van der Waals surface area contributed by atoms with Crippen LogP contribution in [0.4, 0.5) is 0 Å². The Labute approximate surface area is 116 Å². The van der Waals surface area contributed by atoms with Crippen LogP contribution in [-0.2, 0) is 6.42 Å². The standard InChI is InChI=1S/C19H20/c1-16(2)19(18-13-7-4-8-14-18)15-9-12-17-10-5-3-6-11-17/h3-11,13-15,19H,1,12H2,2H3/b15-9+/t19-/m0/s1. The molecule has 0 saturated carbocycles. The van der Waals surface area contributed by atoms with E-state index in [4.69, 9.17) is 0 Å². The maximum Gasteiger partial charge on any atom is 0.0223 e. The van der Waals surface area contributed by atoms with E-state index in [1.165, 1.54) is 16.7 Å². The molecule has 0 heterocycles. The van der Waals surface area contributed by atoms with Crippen molar-refractivity contribution in [3.05, 3.63) is 96.1 Å². The fourth-order valence-corrected chi connectivity index (χ4v) is 2.17. The van der Waals surface area contributed by atoms with Gasteiger partial charge in [0.05, 0.1) is 0 Å². The van der Waals surface area contributed by atoms with E-state index in [1.54, 1.807) is 0 Å². The van der Waals surface area contributed by atoms with Gasteiger partial charge in [0, 0.05) is 5.92 Å². The van der Waals surface area contributed by atoms with Gasteiger partial charge in [0.15, 0.2) is 0 Å². The zero-order valence-electron chi connectivity index (χ0n) is 11.4. The third kappa shape index (κ3) is 3.96. The maximum atomic E-state index is 4.11. The predicted octanol–water partition coefficient (Wildman–Crippen LogP) is 5.15. The average Bonchev–Trinajstić information content (AvgIpc) is 2.45. The van der Waals surface area contributed by atoms with Crippen LogP contribution in [0.5, 0.6) is 0 Å². The summed E-state index contributed by atoms with van der Waals surface area (Å²) in [6.45, 7) is 6.19. The van der Waals surface area contributed by atoms with E-state index in [1.807, 2.05) is 12.1 Å². The molecule has 0 saturated heterocycles. The highest BCUT2D eigenvalue weighted by Gasteiger charge is 2.07.